The van der Waals surface area contributed by atoms with E-state index < -0.39 is 17.7 Å². The molecular weight excluding hydrogens is 332 g/mol. The number of hydrogen-bond acceptors (Lipinski definition) is 7. The topological polar surface area (TPSA) is 78.9 Å². The van der Waals surface area contributed by atoms with E-state index in [0.717, 1.165) is 16.7 Å². The van der Waals surface area contributed by atoms with E-state index in [9.17, 15) is 14.4 Å². The van der Waals surface area contributed by atoms with Crippen molar-refractivity contribution in [3.63, 3.8) is 0 Å². The van der Waals surface area contributed by atoms with Crippen LogP contribution in [0.5, 0.6) is 5.75 Å². The van der Waals surface area contributed by atoms with Crippen molar-refractivity contribution in [3.8, 4) is 5.75 Å². The Balaban J connectivity index is 2.86. The summed E-state index contributed by atoms with van der Waals surface area (Å²) in [4.78, 5) is 36.0. The number of hydrogen-bond donors (Lipinski definition) is 0. The van der Waals surface area contributed by atoms with Crippen molar-refractivity contribution in [2.24, 2.45) is 0 Å². The van der Waals surface area contributed by atoms with Crippen molar-refractivity contribution in [2.75, 3.05) is 20.3 Å². The van der Waals surface area contributed by atoms with E-state index in [-0.39, 0.29) is 24.5 Å². The molecule has 0 unspecified atom stereocenters. The molecule has 130 valence electrons. The van der Waals surface area contributed by atoms with Crippen LogP contribution in [0.4, 0.5) is 0 Å². The average Bonchev–Trinajstić information content (AvgIpc) is 2.59. The summed E-state index contributed by atoms with van der Waals surface area (Å²) in [6.45, 7) is 3.65. The van der Waals surface area contributed by atoms with E-state index in [0.29, 0.717) is 5.75 Å². The van der Waals surface area contributed by atoms with Crippen molar-refractivity contribution in [3.05, 3.63) is 35.2 Å². The second-order valence-corrected chi connectivity index (χ2v) is 5.53. The standard InChI is InChI=1S/C17H20O6S/c1-4-22-16(19)14(18)10-11-15(17(20)23-5-2)24-13-8-6-12(21-3)7-9-13/h6-9,11H,4-5,10H2,1-3H3. The molecule has 0 aliphatic carbocycles. The highest BCUT2D eigenvalue weighted by molar-refractivity contribution is 8.04. The number of rotatable bonds is 9. The van der Waals surface area contributed by atoms with Crippen LogP contribution >= 0.6 is 11.8 Å². The average molecular weight is 352 g/mol. The second-order valence-electron chi connectivity index (χ2n) is 4.41. The van der Waals surface area contributed by atoms with Gasteiger partial charge in [0.1, 0.15) is 5.75 Å². The maximum absolute atomic E-state index is 12.0. The Morgan fingerprint density at radius 2 is 1.58 bits per heavy atom. The Labute approximate surface area is 145 Å². The molecule has 0 amide bonds. The first-order valence-corrected chi connectivity index (χ1v) is 8.22. The van der Waals surface area contributed by atoms with Crippen LogP contribution in [0.3, 0.4) is 0 Å². The quantitative estimate of drug-likeness (QED) is 0.293. The van der Waals surface area contributed by atoms with Crippen LogP contribution in [-0.2, 0) is 23.9 Å². The molecule has 0 heterocycles. The Morgan fingerprint density at radius 1 is 1.00 bits per heavy atom. The summed E-state index contributed by atoms with van der Waals surface area (Å²) in [5.41, 5.74) is 0. The van der Waals surface area contributed by atoms with Crippen LogP contribution in [0.1, 0.15) is 20.3 Å². The highest BCUT2D eigenvalue weighted by Crippen LogP contribution is 2.29. The highest BCUT2D eigenvalue weighted by Gasteiger charge is 2.17. The van der Waals surface area contributed by atoms with Crippen molar-refractivity contribution < 1.29 is 28.6 Å². The SMILES string of the molecule is CCOC(=O)C(=O)CC=C(Sc1ccc(OC)cc1)C(=O)OCC. The molecule has 1 aromatic rings. The summed E-state index contributed by atoms with van der Waals surface area (Å²) < 4.78 is 14.7. The Hall–Kier alpha value is -2.28. The zero-order chi connectivity index (χ0) is 17.9. The summed E-state index contributed by atoms with van der Waals surface area (Å²) in [5, 5.41) is 0. The van der Waals surface area contributed by atoms with Crippen LogP contribution in [0.25, 0.3) is 0 Å². The van der Waals surface area contributed by atoms with Crippen LogP contribution < -0.4 is 4.74 Å². The number of allylic oxidation sites excluding steroid dienone is 1. The molecule has 0 N–H and O–H groups in total. The third kappa shape index (κ3) is 6.45. The molecule has 0 fully saturated rings. The van der Waals surface area contributed by atoms with Crippen LogP contribution in [-0.4, -0.2) is 38.0 Å². The minimum Gasteiger partial charge on any atom is -0.497 e. The van der Waals surface area contributed by atoms with E-state index in [4.69, 9.17) is 9.47 Å². The molecule has 0 radical (unpaired) electrons. The normalized spacial score (nSPS) is 10.9. The predicted molar refractivity (Wildman–Crippen MR) is 89.8 cm³/mol. The lowest BCUT2D eigenvalue weighted by Gasteiger charge is -2.07. The summed E-state index contributed by atoms with van der Waals surface area (Å²) in [5.74, 6) is -1.48. The summed E-state index contributed by atoms with van der Waals surface area (Å²) >= 11 is 1.15. The van der Waals surface area contributed by atoms with Gasteiger partial charge in [-0.05, 0) is 38.1 Å². The summed E-state index contributed by atoms with van der Waals surface area (Å²) in [6.07, 6.45) is 1.16. The van der Waals surface area contributed by atoms with Gasteiger partial charge in [-0.15, -0.1) is 0 Å². The van der Waals surface area contributed by atoms with Gasteiger partial charge in [-0.2, -0.15) is 0 Å². The molecule has 0 aromatic heterocycles. The zero-order valence-electron chi connectivity index (χ0n) is 13.9. The summed E-state index contributed by atoms with van der Waals surface area (Å²) in [7, 11) is 1.56. The molecule has 0 saturated heterocycles. The molecule has 24 heavy (non-hydrogen) atoms. The fraction of sp³-hybridized carbons (Fsp3) is 0.353. The Kier molecular flexibility index (Phi) is 8.64. The van der Waals surface area contributed by atoms with Gasteiger partial charge in [-0.1, -0.05) is 17.8 Å². The predicted octanol–water partition coefficient (Wildman–Crippen LogP) is 2.76. The number of esters is 2. The Bertz CT molecular complexity index is 606. The molecule has 0 bridgehead atoms. The van der Waals surface area contributed by atoms with Crippen molar-refractivity contribution >= 4 is 29.5 Å². The van der Waals surface area contributed by atoms with E-state index in [1.54, 1.807) is 45.2 Å². The lowest BCUT2D eigenvalue weighted by Crippen LogP contribution is -2.16. The second kappa shape index (κ2) is 10.5. The molecule has 0 atom stereocenters. The first kappa shape index (κ1) is 19.8. The number of benzene rings is 1. The van der Waals surface area contributed by atoms with E-state index in [1.807, 2.05) is 0 Å². The Morgan fingerprint density at radius 3 is 2.12 bits per heavy atom. The van der Waals surface area contributed by atoms with Crippen molar-refractivity contribution in [1.82, 2.24) is 0 Å². The number of ketones is 1. The van der Waals surface area contributed by atoms with E-state index >= 15 is 0 Å². The molecular formula is C17H20O6S. The van der Waals surface area contributed by atoms with Gasteiger partial charge in [0.2, 0.25) is 5.78 Å². The molecule has 0 saturated carbocycles. The third-order valence-corrected chi connectivity index (χ3v) is 3.80. The van der Waals surface area contributed by atoms with Gasteiger partial charge >= 0.3 is 11.9 Å². The third-order valence-electron chi connectivity index (χ3n) is 2.74. The largest absolute Gasteiger partial charge is 0.497 e. The van der Waals surface area contributed by atoms with Crippen LogP contribution in [0.2, 0.25) is 0 Å². The maximum Gasteiger partial charge on any atom is 0.374 e. The van der Waals surface area contributed by atoms with Gasteiger partial charge in [-0.25, -0.2) is 9.59 Å². The number of Topliss-reactive ketones (excluding diaryl/α,β-unsaturated/α-hetero) is 1. The number of thioether (sulfide) groups is 1. The fourth-order valence-electron chi connectivity index (χ4n) is 1.62. The minimum atomic E-state index is -0.911. The van der Waals surface area contributed by atoms with Crippen LogP contribution in [0.15, 0.2) is 40.1 Å². The molecule has 0 spiro atoms. The smallest absolute Gasteiger partial charge is 0.374 e. The molecule has 0 aliphatic rings. The van der Waals surface area contributed by atoms with Gasteiger partial charge in [-0.3, -0.25) is 4.79 Å². The molecule has 0 aliphatic heterocycles. The van der Waals surface area contributed by atoms with E-state index in [2.05, 4.69) is 4.74 Å². The van der Waals surface area contributed by atoms with Gasteiger partial charge in [0.15, 0.2) is 0 Å². The van der Waals surface area contributed by atoms with Crippen molar-refractivity contribution in [1.29, 1.82) is 0 Å². The first-order chi connectivity index (χ1) is 11.5. The molecule has 7 heteroatoms. The number of methoxy groups -OCH3 is 1. The maximum atomic E-state index is 12.0. The molecule has 1 aromatic carbocycles. The van der Waals surface area contributed by atoms with Gasteiger partial charge in [0, 0.05) is 11.3 Å². The number of carbonyl (C=O) groups excluding carboxylic acids is 3. The van der Waals surface area contributed by atoms with Gasteiger partial charge in [0.25, 0.3) is 0 Å². The fourth-order valence-corrected chi connectivity index (χ4v) is 2.45. The monoisotopic (exact) mass is 352 g/mol. The minimum absolute atomic E-state index is 0.125. The van der Waals surface area contributed by atoms with Crippen molar-refractivity contribution in [2.45, 2.75) is 25.2 Å². The first-order valence-electron chi connectivity index (χ1n) is 7.40. The zero-order valence-corrected chi connectivity index (χ0v) is 14.7. The highest BCUT2D eigenvalue weighted by atomic mass is 32.2. The van der Waals surface area contributed by atoms with Gasteiger partial charge < -0.3 is 14.2 Å². The molecule has 1 rings (SSSR count). The molecule has 6 nitrogen and oxygen atoms in total. The number of carbonyl (C=O) groups is 3. The van der Waals surface area contributed by atoms with Crippen LogP contribution in [0, 0.1) is 0 Å². The number of ether oxygens (including phenoxy) is 3. The van der Waals surface area contributed by atoms with E-state index in [1.165, 1.54) is 6.08 Å². The lowest BCUT2D eigenvalue weighted by molar-refractivity contribution is -0.153. The van der Waals surface area contributed by atoms with Gasteiger partial charge in [0.05, 0.1) is 25.2 Å². The lowest BCUT2D eigenvalue weighted by atomic mass is 10.2. The summed E-state index contributed by atoms with van der Waals surface area (Å²) in [6, 6.07) is 7.08.